The molecule has 4 rings (SSSR count). The number of carbonyl (C=O) groups excluding carboxylic acids is 3. The Balaban J connectivity index is 1.64. The summed E-state index contributed by atoms with van der Waals surface area (Å²) in [4.78, 5) is 47.0. The number of anilines is 1. The average Bonchev–Trinajstić information content (AvgIpc) is 3.56. The number of rotatable bonds is 7. The van der Waals surface area contributed by atoms with Crippen LogP contribution in [0.5, 0.6) is 0 Å². The summed E-state index contributed by atoms with van der Waals surface area (Å²) in [5.74, 6) is -1.23. The Hall–Kier alpha value is -4.51. The first-order chi connectivity index (χ1) is 16.5. The summed E-state index contributed by atoms with van der Waals surface area (Å²) in [6, 6.07) is 12.2. The number of aliphatic imine (C=N–C) groups is 1. The molecule has 3 aromatic rings. The predicted octanol–water partition coefficient (Wildman–Crippen LogP) is 3.01. The van der Waals surface area contributed by atoms with Crippen LogP contribution in [0.1, 0.15) is 23.6 Å². The SMILES string of the molecule is CO/N=C(/C(=O)NN1C(=O)/C(=C\c2ccoc2)N=C1c1ccccc1)c1csc(NC(C)=O)c1. The normalized spacial score (nSPS) is 14.8. The number of carbonyl (C=O) groups is 3. The summed E-state index contributed by atoms with van der Waals surface area (Å²) in [5.41, 5.74) is 4.30. The van der Waals surface area contributed by atoms with Crippen LogP contribution in [-0.2, 0) is 19.2 Å². The highest BCUT2D eigenvalue weighted by Crippen LogP contribution is 2.23. The molecule has 0 spiro atoms. The van der Waals surface area contributed by atoms with Gasteiger partial charge in [-0.25, -0.2) is 4.99 Å². The van der Waals surface area contributed by atoms with E-state index in [9.17, 15) is 14.4 Å². The van der Waals surface area contributed by atoms with Gasteiger partial charge in [-0.15, -0.1) is 11.3 Å². The molecule has 1 aromatic carbocycles. The van der Waals surface area contributed by atoms with E-state index in [1.54, 1.807) is 47.9 Å². The molecule has 1 aliphatic rings. The van der Waals surface area contributed by atoms with E-state index >= 15 is 0 Å². The standard InChI is InChI=1S/C23H19N5O5S/c1-14(29)24-19-11-17(13-34-19)20(27-32-2)22(30)26-28-21(16-6-4-3-5-7-16)25-18(23(28)31)10-15-8-9-33-12-15/h3-13H,1-2H3,(H,24,29)(H,26,30)/b18-10+,27-20+. The maximum absolute atomic E-state index is 13.2. The highest BCUT2D eigenvalue weighted by Gasteiger charge is 2.34. The van der Waals surface area contributed by atoms with Crippen molar-refractivity contribution in [2.75, 3.05) is 12.4 Å². The molecule has 0 fully saturated rings. The van der Waals surface area contributed by atoms with Crippen molar-refractivity contribution in [2.45, 2.75) is 6.92 Å². The minimum atomic E-state index is -0.699. The number of hydrazine groups is 1. The molecule has 3 heterocycles. The molecule has 0 saturated carbocycles. The molecule has 3 amide bonds. The van der Waals surface area contributed by atoms with E-state index in [0.717, 1.165) is 5.01 Å². The Bertz CT molecular complexity index is 1310. The molecule has 10 nitrogen and oxygen atoms in total. The Labute approximate surface area is 198 Å². The summed E-state index contributed by atoms with van der Waals surface area (Å²) < 4.78 is 5.05. The first-order valence-electron chi connectivity index (χ1n) is 9.97. The number of nitrogens with one attached hydrogen (secondary N) is 2. The zero-order valence-electron chi connectivity index (χ0n) is 18.1. The Morgan fingerprint density at radius 3 is 2.71 bits per heavy atom. The van der Waals surface area contributed by atoms with E-state index in [0.29, 0.717) is 21.7 Å². The monoisotopic (exact) mass is 477 g/mol. The van der Waals surface area contributed by atoms with Gasteiger partial charge >= 0.3 is 0 Å². The van der Waals surface area contributed by atoms with Crippen LogP contribution in [0.25, 0.3) is 6.08 Å². The van der Waals surface area contributed by atoms with Crippen LogP contribution < -0.4 is 10.7 Å². The first kappa shape index (κ1) is 22.7. The van der Waals surface area contributed by atoms with Gasteiger partial charge in [-0.05, 0) is 18.2 Å². The van der Waals surface area contributed by atoms with Crippen LogP contribution >= 0.6 is 11.3 Å². The number of hydrogen-bond acceptors (Lipinski definition) is 8. The molecule has 0 atom stereocenters. The van der Waals surface area contributed by atoms with Gasteiger partial charge in [0.05, 0.1) is 17.5 Å². The number of nitrogens with zero attached hydrogens (tertiary/aromatic N) is 3. The van der Waals surface area contributed by atoms with E-state index in [4.69, 9.17) is 9.25 Å². The van der Waals surface area contributed by atoms with Gasteiger partial charge in [0.25, 0.3) is 11.8 Å². The minimum Gasteiger partial charge on any atom is -0.472 e. The Morgan fingerprint density at radius 1 is 1.24 bits per heavy atom. The van der Waals surface area contributed by atoms with Gasteiger partial charge in [-0.2, -0.15) is 5.01 Å². The van der Waals surface area contributed by atoms with Gasteiger partial charge in [-0.1, -0.05) is 35.5 Å². The smallest absolute Gasteiger partial charge is 0.297 e. The maximum atomic E-state index is 13.2. The third-order valence-corrected chi connectivity index (χ3v) is 5.37. The molecular formula is C23H19N5O5S. The van der Waals surface area contributed by atoms with Crippen LogP contribution in [0, 0.1) is 0 Å². The van der Waals surface area contributed by atoms with Crippen LogP contribution in [0.4, 0.5) is 5.00 Å². The average molecular weight is 478 g/mol. The molecule has 0 radical (unpaired) electrons. The largest absolute Gasteiger partial charge is 0.472 e. The fraction of sp³-hybridized carbons (Fsp3) is 0.0870. The van der Waals surface area contributed by atoms with E-state index in [-0.39, 0.29) is 23.2 Å². The lowest BCUT2D eigenvalue weighted by Crippen LogP contribution is -2.49. The van der Waals surface area contributed by atoms with Gasteiger partial charge in [-0.3, -0.25) is 19.8 Å². The third-order valence-electron chi connectivity index (χ3n) is 4.52. The number of thiophene rings is 1. The molecule has 0 aliphatic carbocycles. The van der Waals surface area contributed by atoms with Crippen LogP contribution in [0.3, 0.4) is 0 Å². The van der Waals surface area contributed by atoms with Gasteiger partial charge in [0, 0.05) is 29.0 Å². The minimum absolute atomic E-state index is 0.0807. The van der Waals surface area contributed by atoms with E-state index in [1.165, 1.54) is 37.9 Å². The topological polar surface area (TPSA) is 126 Å². The fourth-order valence-electron chi connectivity index (χ4n) is 3.09. The summed E-state index contributed by atoms with van der Waals surface area (Å²) in [6.07, 6.45) is 4.52. The van der Waals surface area contributed by atoms with E-state index in [2.05, 4.69) is 20.9 Å². The van der Waals surface area contributed by atoms with Crippen molar-refractivity contribution in [1.29, 1.82) is 0 Å². The molecule has 0 saturated heterocycles. The number of furan rings is 1. The zero-order valence-corrected chi connectivity index (χ0v) is 19.0. The Kier molecular flexibility index (Phi) is 6.64. The van der Waals surface area contributed by atoms with Crippen molar-refractivity contribution in [3.63, 3.8) is 0 Å². The second kappa shape index (κ2) is 9.96. The molecule has 0 bridgehead atoms. The summed E-state index contributed by atoms with van der Waals surface area (Å²) in [7, 11) is 1.30. The summed E-state index contributed by atoms with van der Waals surface area (Å²) in [5, 5.41) is 9.72. The van der Waals surface area contributed by atoms with Crippen molar-refractivity contribution in [2.24, 2.45) is 10.1 Å². The fourth-order valence-corrected chi connectivity index (χ4v) is 3.92. The lowest BCUT2D eigenvalue weighted by molar-refractivity contribution is -0.130. The quantitative estimate of drug-likeness (QED) is 0.307. The second-order valence-electron chi connectivity index (χ2n) is 6.97. The molecular weight excluding hydrogens is 458 g/mol. The van der Waals surface area contributed by atoms with Crippen LogP contribution in [0.15, 0.2) is 80.6 Å². The number of oxime groups is 1. The van der Waals surface area contributed by atoms with Crippen molar-refractivity contribution >= 4 is 51.7 Å². The van der Waals surface area contributed by atoms with Crippen molar-refractivity contribution in [3.05, 3.63) is 82.8 Å². The van der Waals surface area contributed by atoms with Crippen molar-refractivity contribution in [3.8, 4) is 0 Å². The van der Waals surface area contributed by atoms with Gasteiger partial charge in [0.15, 0.2) is 11.5 Å². The molecule has 172 valence electrons. The second-order valence-corrected chi connectivity index (χ2v) is 7.88. The molecule has 2 aromatic heterocycles. The Morgan fingerprint density at radius 2 is 2.03 bits per heavy atom. The number of hydrogen-bond donors (Lipinski definition) is 2. The highest BCUT2D eigenvalue weighted by molar-refractivity contribution is 7.14. The molecule has 0 unspecified atom stereocenters. The van der Waals surface area contributed by atoms with Gasteiger partial charge in [0.1, 0.15) is 12.8 Å². The summed E-state index contributed by atoms with van der Waals surface area (Å²) in [6.45, 7) is 1.38. The zero-order chi connectivity index (χ0) is 24.1. The van der Waals surface area contributed by atoms with Gasteiger partial charge in [0.2, 0.25) is 5.91 Å². The summed E-state index contributed by atoms with van der Waals surface area (Å²) >= 11 is 1.22. The first-order valence-corrected chi connectivity index (χ1v) is 10.9. The van der Waals surface area contributed by atoms with Crippen molar-refractivity contribution in [1.82, 2.24) is 10.4 Å². The lowest BCUT2D eigenvalue weighted by Gasteiger charge is -2.19. The van der Waals surface area contributed by atoms with Gasteiger partial charge < -0.3 is 14.6 Å². The van der Waals surface area contributed by atoms with Crippen LogP contribution in [-0.4, -0.2) is 41.4 Å². The third kappa shape index (κ3) is 4.94. The molecule has 1 aliphatic heterocycles. The highest BCUT2D eigenvalue weighted by atomic mass is 32.1. The maximum Gasteiger partial charge on any atom is 0.297 e. The van der Waals surface area contributed by atoms with Crippen LogP contribution in [0.2, 0.25) is 0 Å². The molecule has 34 heavy (non-hydrogen) atoms. The predicted molar refractivity (Wildman–Crippen MR) is 127 cm³/mol. The number of amidine groups is 1. The lowest BCUT2D eigenvalue weighted by atomic mass is 10.2. The number of amides is 3. The molecule has 2 N–H and O–H groups in total. The molecule has 11 heteroatoms. The van der Waals surface area contributed by atoms with Crippen molar-refractivity contribution < 1.29 is 23.6 Å². The number of benzene rings is 1. The van der Waals surface area contributed by atoms with E-state index < -0.39 is 11.8 Å². The van der Waals surface area contributed by atoms with E-state index in [1.807, 2.05) is 6.07 Å².